The lowest BCUT2D eigenvalue weighted by Gasteiger charge is -2.27. The fourth-order valence-electron chi connectivity index (χ4n) is 4.75. The molecule has 0 saturated heterocycles. The van der Waals surface area contributed by atoms with Gasteiger partial charge in [0.2, 0.25) is 0 Å². The highest BCUT2D eigenvalue weighted by molar-refractivity contribution is 6.04. The monoisotopic (exact) mass is 520 g/mol. The number of nitrogens with one attached hydrogen (secondary N) is 1. The number of carbonyl (C=O) groups excluding carboxylic acids is 2. The summed E-state index contributed by atoms with van der Waals surface area (Å²) in [5, 5.41) is 12.5. The molecule has 0 fully saturated rings. The lowest BCUT2D eigenvalue weighted by atomic mass is 10.00. The van der Waals surface area contributed by atoms with Gasteiger partial charge in [0.15, 0.2) is 0 Å². The van der Waals surface area contributed by atoms with Crippen molar-refractivity contribution in [2.45, 2.75) is 26.4 Å². The Morgan fingerprint density at radius 1 is 0.846 bits per heavy atom. The molecule has 0 bridgehead atoms. The summed E-state index contributed by atoms with van der Waals surface area (Å²) >= 11 is 0. The van der Waals surface area contributed by atoms with Crippen LogP contribution in [0.4, 0.5) is 5.69 Å². The Bertz CT molecular complexity index is 1510. The van der Waals surface area contributed by atoms with Gasteiger partial charge in [0.05, 0.1) is 0 Å². The quantitative estimate of drug-likeness (QED) is 0.278. The number of rotatable bonds is 8. The molecule has 0 aromatic heterocycles. The van der Waals surface area contributed by atoms with Crippen LogP contribution in [-0.2, 0) is 11.3 Å². The van der Waals surface area contributed by atoms with Crippen LogP contribution in [0, 0.1) is 5.92 Å². The number of ether oxygens (including phenoxy) is 1. The predicted molar refractivity (Wildman–Crippen MR) is 149 cm³/mol. The first kappa shape index (κ1) is 25.7. The van der Waals surface area contributed by atoms with Gasteiger partial charge in [-0.05, 0) is 77.2 Å². The summed E-state index contributed by atoms with van der Waals surface area (Å²) in [7, 11) is 0. The Kier molecular flexibility index (Phi) is 7.14. The number of fused-ring (bicyclic) bond motifs is 1. The van der Waals surface area contributed by atoms with Gasteiger partial charge in [-0.3, -0.25) is 9.59 Å². The summed E-state index contributed by atoms with van der Waals surface area (Å²) in [5.41, 5.74) is 4.20. The van der Waals surface area contributed by atoms with Crippen LogP contribution in [-0.4, -0.2) is 33.8 Å². The first-order chi connectivity index (χ1) is 18.8. The third kappa shape index (κ3) is 5.52. The third-order valence-corrected chi connectivity index (χ3v) is 6.73. The summed E-state index contributed by atoms with van der Waals surface area (Å²) in [5.74, 6) is -0.350. The fraction of sp³-hybridized carbons (Fsp3) is 0.156. The van der Waals surface area contributed by atoms with Crippen molar-refractivity contribution >= 4 is 23.5 Å². The molecule has 0 saturated carbocycles. The molecule has 39 heavy (non-hydrogen) atoms. The summed E-state index contributed by atoms with van der Waals surface area (Å²) in [6.07, 6.45) is 0. The highest BCUT2D eigenvalue weighted by atomic mass is 16.5. The lowest BCUT2D eigenvalue weighted by Crippen LogP contribution is -2.44. The van der Waals surface area contributed by atoms with E-state index in [0.717, 1.165) is 22.4 Å². The molecule has 1 aliphatic heterocycles. The largest absolute Gasteiger partial charge is 0.480 e. The van der Waals surface area contributed by atoms with E-state index in [1.165, 1.54) is 4.90 Å². The van der Waals surface area contributed by atoms with Crippen molar-refractivity contribution in [3.63, 3.8) is 0 Å². The first-order valence-corrected chi connectivity index (χ1v) is 12.7. The maximum absolute atomic E-state index is 13.1. The average molecular weight is 521 g/mol. The van der Waals surface area contributed by atoms with Crippen LogP contribution in [0.3, 0.4) is 0 Å². The molecular weight excluding hydrogens is 492 g/mol. The van der Waals surface area contributed by atoms with Crippen molar-refractivity contribution in [2.75, 3.05) is 5.32 Å². The van der Waals surface area contributed by atoms with Crippen LogP contribution < -0.4 is 10.1 Å². The number of anilines is 1. The molecule has 4 aromatic rings. The fourth-order valence-corrected chi connectivity index (χ4v) is 4.75. The van der Waals surface area contributed by atoms with Crippen molar-refractivity contribution in [3.05, 3.63) is 114 Å². The third-order valence-electron chi connectivity index (χ3n) is 6.73. The Hall–Kier alpha value is -4.91. The van der Waals surface area contributed by atoms with Crippen LogP contribution in [0.1, 0.15) is 40.1 Å². The van der Waals surface area contributed by atoms with Crippen LogP contribution in [0.2, 0.25) is 0 Å². The zero-order valence-corrected chi connectivity index (χ0v) is 21.6. The van der Waals surface area contributed by atoms with E-state index in [1.807, 2.05) is 60.7 Å². The maximum atomic E-state index is 13.1. The SMILES string of the molecule is CC(C)[C@@H](C(=O)O)N1Cc2ccc(-c3ccc(NC(=O)c4ccc(Oc5ccccc5)cc4)cc3)cc2C1=O. The summed E-state index contributed by atoms with van der Waals surface area (Å²) < 4.78 is 5.78. The van der Waals surface area contributed by atoms with Crippen LogP contribution in [0.25, 0.3) is 11.1 Å². The topological polar surface area (TPSA) is 95.9 Å². The van der Waals surface area contributed by atoms with Crippen molar-refractivity contribution in [1.29, 1.82) is 0 Å². The van der Waals surface area contributed by atoms with Gasteiger partial charge < -0.3 is 20.1 Å². The minimum absolute atomic E-state index is 0.205. The normalized spacial score (nSPS) is 13.2. The average Bonchev–Trinajstić information content (AvgIpc) is 3.24. The molecule has 4 aromatic carbocycles. The molecule has 2 N–H and O–H groups in total. The van der Waals surface area contributed by atoms with Crippen LogP contribution in [0.5, 0.6) is 11.5 Å². The molecule has 1 aliphatic rings. The van der Waals surface area contributed by atoms with Gasteiger partial charge in [-0.2, -0.15) is 0 Å². The number of hydrogen-bond donors (Lipinski definition) is 2. The predicted octanol–water partition coefficient (Wildman–Crippen LogP) is 6.46. The summed E-state index contributed by atoms with van der Waals surface area (Å²) in [6.45, 7) is 3.89. The van der Waals surface area contributed by atoms with Crippen LogP contribution in [0.15, 0.2) is 97.1 Å². The smallest absolute Gasteiger partial charge is 0.326 e. The number of amides is 2. The van der Waals surface area contributed by atoms with Gasteiger partial charge in [-0.15, -0.1) is 0 Å². The number of carbonyl (C=O) groups is 3. The minimum atomic E-state index is -1.000. The molecule has 7 heteroatoms. The second kappa shape index (κ2) is 10.8. The van der Waals surface area contributed by atoms with Gasteiger partial charge in [0.1, 0.15) is 17.5 Å². The second-order valence-corrected chi connectivity index (χ2v) is 9.80. The minimum Gasteiger partial charge on any atom is -0.480 e. The van der Waals surface area contributed by atoms with Crippen molar-refractivity contribution < 1.29 is 24.2 Å². The van der Waals surface area contributed by atoms with Gasteiger partial charge in [-0.25, -0.2) is 4.79 Å². The molecule has 196 valence electrons. The van der Waals surface area contributed by atoms with Gasteiger partial charge in [0.25, 0.3) is 11.8 Å². The summed E-state index contributed by atoms with van der Waals surface area (Å²) in [4.78, 5) is 39.0. The number of nitrogens with zero attached hydrogens (tertiary/aromatic N) is 1. The van der Waals surface area contributed by atoms with Gasteiger partial charge in [0, 0.05) is 23.4 Å². The highest BCUT2D eigenvalue weighted by Gasteiger charge is 2.38. The number of para-hydroxylation sites is 1. The Balaban J connectivity index is 1.25. The molecule has 2 amide bonds. The maximum Gasteiger partial charge on any atom is 0.326 e. The Labute approximate surface area is 226 Å². The number of carboxylic acids is 1. The number of carboxylic acid groups (broad SMARTS) is 1. The second-order valence-electron chi connectivity index (χ2n) is 9.80. The lowest BCUT2D eigenvalue weighted by molar-refractivity contribution is -0.144. The molecule has 0 aliphatic carbocycles. The van der Waals surface area contributed by atoms with Crippen molar-refractivity contribution in [1.82, 2.24) is 4.90 Å². The molecule has 7 nitrogen and oxygen atoms in total. The first-order valence-electron chi connectivity index (χ1n) is 12.7. The zero-order valence-electron chi connectivity index (χ0n) is 21.6. The molecule has 1 heterocycles. The van der Waals surface area contributed by atoms with E-state index in [4.69, 9.17) is 4.74 Å². The number of aliphatic carboxylic acids is 1. The van der Waals surface area contributed by atoms with E-state index in [0.29, 0.717) is 22.6 Å². The van der Waals surface area contributed by atoms with Gasteiger partial charge >= 0.3 is 5.97 Å². The molecule has 0 spiro atoms. The molecular formula is C32H28N2O5. The molecule has 0 radical (unpaired) electrons. The van der Waals surface area contributed by atoms with E-state index in [2.05, 4.69) is 5.32 Å². The molecule has 5 rings (SSSR count). The highest BCUT2D eigenvalue weighted by Crippen LogP contribution is 2.32. The van der Waals surface area contributed by atoms with E-state index in [-0.39, 0.29) is 24.3 Å². The standard InChI is InChI=1S/C32H28N2O5/c1-20(2)29(32(37)38)34-19-24-9-8-23(18-28(24)31(34)36)21-10-14-25(15-11-21)33-30(35)22-12-16-27(17-13-22)39-26-6-4-3-5-7-26/h3-18,20,29H,19H2,1-2H3,(H,33,35)(H,37,38)/t29-/m0/s1. The Morgan fingerprint density at radius 3 is 2.13 bits per heavy atom. The summed E-state index contributed by atoms with van der Waals surface area (Å²) in [6, 6.07) is 28.4. The van der Waals surface area contributed by atoms with E-state index >= 15 is 0 Å². The van der Waals surface area contributed by atoms with E-state index < -0.39 is 12.0 Å². The van der Waals surface area contributed by atoms with Crippen molar-refractivity contribution in [3.8, 4) is 22.6 Å². The zero-order chi connectivity index (χ0) is 27.5. The number of benzene rings is 4. The molecule has 0 unspecified atom stereocenters. The van der Waals surface area contributed by atoms with Crippen LogP contribution >= 0.6 is 0 Å². The van der Waals surface area contributed by atoms with Gasteiger partial charge in [-0.1, -0.05) is 56.3 Å². The molecule has 1 atom stereocenters. The Morgan fingerprint density at radius 2 is 1.49 bits per heavy atom. The van der Waals surface area contributed by atoms with E-state index in [1.54, 1.807) is 50.2 Å². The number of hydrogen-bond acceptors (Lipinski definition) is 4. The van der Waals surface area contributed by atoms with Crippen molar-refractivity contribution in [2.24, 2.45) is 5.92 Å². The van der Waals surface area contributed by atoms with E-state index in [9.17, 15) is 19.5 Å².